The lowest BCUT2D eigenvalue weighted by molar-refractivity contribution is 0.537. The van der Waals surface area contributed by atoms with E-state index >= 15 is 0 Å². The molecule has 0 radical (unpaired) electrons. The molecular weight excluding hydrogens is 453 g/mol. The van der Waals surface area contributed by atoms with Crippen molar-refractivity contribution in [2.75, 3.05) is 0 Å². The molecule has 4 N–H and O–H groups in total. The average Bonchev–Trinajstić information content (AvgIpc) is 3.45. The normalized spacial score (nSPS) is 19.9. The van der Waals surface area contributed by atoms with E-state index < -0.39 is 7.92 Å². The maximum absolute atomic E-state index is 6.45. The summed E-state index contributed by atoms with van der Waals surface area (Å²) in [6.45, 7) is 2.21. The third kappa shape index (κ3) is 4.72. The Balaban J connectivity index is 1.38. The Bertz CT molecular complexity index is 1180. The Hall–Kier alpha value is -2.78. The Labute approximate surface area is 208 Å². The number of rotatable bonds is 6. The SMILES string of the molecule is C[C@@H](NC(=S)N[C@H]1c2ccccc2C[C@@H]1N)C1=C(P(c2ccccc2)c2ccccc2)C=CC1. The van der Waals surface area contributed by atoms with Gasteiger partial charge in [0.15, 0.2) is 5.11 Å². The van der Waals surface area contributed by atoms with Gasteiger partial charge in [-0.2, -0.15) is 0 Å². The molecule has 0 unspecified atom stereocenters. The second-order valence-electron chi connectivity index (χ2n) is 8.91. The van der Waals surface area contributed by atoms with Gasteiger partial charge < -0.3 is 16.4 Å². The first kappa shape index (κ1) is 23.0. The number of benzene rings is 3. The maximum atomic E-state index is 6.45. The van der Waals surface area contributed by atoms with Gasteiger partial charge in [-0.05, 0) is 72.5 Å². The molecule has 0 saturated carbocycles. The summed E-state index contributed by atoms with van der Waals surface area (Å²) in [6.07, 6.45) is 6.42. The fraction of sp³-hybridized carbons (Fsp3) is 0.207. The largest absolute Gasteiger partial charge is 0.356 e. The van der Waals surface area contributed by atoms with Crippen molar-refractivity contribution in [3.05, 3.63) is 119 Å². The molecule has 5 heteroatoms. The highest BCUT2D eigenvalue weighted by molar-refractivity contribution is 7.80. The van der Waals surface area contributed by atoms with Crippen molar-refractivity contribution in [1.82, 2.24) is 10.6 Å². The third-order valence-electron chi connectivity index (χ3n) is 6.64. The number of fused-ring (bicyclic) bond motifs is 1. The van der Waals surface area contributed by atoms with E-state index in [2.05, 4.69) is 115 Å². The zero-order chi connectivity index (χ0) is 23.5. The summed E-state index contributed by atoms with van der Waals surface area (Å²) in [6, 6.07) is 30.4. The molecule has 5 rings (SSSR count). The highest BCUT2D eigenvalue weighted by Crippen LogP contribution is 2.48. The third-order valence-corrected chi connectivity index (χ3v) is 9.43. The van der Waals surface area contributed by atoms with E-state index in [1.54, 1.807) is 0 Å². The Morgan fingerprint density at radius 1 is 0.941 bits per heavy atom. The van der Waals surface area contributed by atoms with Crippen LogP contribution in [-0.2, 0) is 6.42 Å². The molecule has 0 saturated heterocycles. The highest BCUT2D eigenvalue weighted by atomic mass is 32.1. The smallest absolute Gasteiger partial charge is 0.167 e. The maximum Gasteiger partial charge on any atom is 0.167 e. The topological polar surface area (TPSA) is 50.1 Å². The molecule has 3 nitrogen and oxygen atoms in total. The van der Waals surface area contributed by atoms with Crippen LogP contribution in [-0.4, -0.2) is 17.2 Å². The lowest BCUT2D eigenvalue weighted by Crippen LogP contribution is -2.46. The first-order valence-electron chi connectivity index (χ1n) is 11.8. The van der Waals surface area contributed by atoms with Crippen LogP contribution in [0.1, 0.15) is 30.5 Å². The minimum absolute atomic E-state index is 0.0272. The van der Waals surface area contributed by atoms with Gasteiger partial charge in [0.25, 0.3) is 0 Å². The molecule has 2 aliphatic carbocycles. The summed E-state index contributed by atoms with van der Waals surface area (Å²) in [4.78, 5) is 0. The number of hydrogen-bond donors (Lipinski definition) is 3. The van der Waals surface area contributed by atoms with E-state index in [4.69, 9.17) is 18.0 Å². The van der Waals surface area contributed by atoms with Gasteiger partial charge in [-0.3, -0.25) is 0 Å². The molecule has 0 spiro atoms. The van der Waals surface area contributed by atoms with Crippen molar-refractivity contribution < 1.29 is 0 Å². The van der Waals surface area contributed by atoms with Crippen LogP contribution in [0.3, 0.4) is 0 Å². The molecule has 34 heavy (non-hydrogen) atoms. The molecule has 0 bridgehead atoms. The van der Waals surface area contributed by atoms with E-state index in [-0.39, 0.29) is 18.1 Å². The van der Waals surface area contributed by atoms with Crippen LogP contribution in [0.2, 0.25) is 0 Å². The zero-order valence-electron chi connectivity index (χ0n) is 19.3. The summed E-state index contributed by atoms with van der Waals surface area (Å²) in [5.41, 5.74) is 10.4. The summed E-state index contributed by atoms with van der Waals surface area (Å²) < 4.78 is 0. The van der Waals surface area contributed by atoms with Crippen molar-refractivity contribution in [3.63, 3.8) is 0 Å². The number of allylic oxidation sites excluding steroid dienone is 3. The molecule has 0 fully saturated rings. The molecule has 3 aromatic rings. The Kier molecular flexibility index (Phi) is 6.92. The number of hydrogen-bond acceptors (Lipinski definition) is 2. The van der Waals surface area contributed by atoms with E-state index in [1.807, 2.05) is 0 Å². The molecular formula is C29H30N3PS. The fourth-order valence-electron chi connectivity index (χ4n) is 4.98. The zero-order valence-corrected chi connectivity index (χ0v) is 21.0. The van der Waals surface area contributed by atoms with Gasteiger partial charge in [-0.25, -0.2) is 0 Å². The van der Waals surface area contributed by atoms with Crippen molar-refractivity contribution in [2.45, 2.75) is 37.9 Å². The molecule has 0 aromatic heterocycles. The van der Waals surface area contributed by atoms with Gasteiger partial charge >= 0.3 is 0 Å². The van der Waals surface area contributed by atoms with Crippen LogP contribution >= 0.6 is 20.1 Å². The van der Waals surface area contributed by atoms with Crippen LogP contribution in [0.4, 0.5) is 0 Å². The van der Waals surface area contributed by atoms with Crippen molar-refractivity contribution >= 4 is 35.9 Å². The molecule has 3 atom stereocenters. The number of nitrogens with one attached hydrogen (secondary N) is 2. The summed E-state index contributed by atoms with van der Waals surface area (Å²) in [7, 11) is -0.634. The van der Waals surface area contributed by atoms with Gasteiger partial charge in [-0.15, -0.1) is 0 Å². The van der Waals surface area contributed by atoms with Gasteiger partial charge in [0.05, 0.1) is 6.04 Å². The average molecular weight is 484 g/mol. The van der Waals surface area contributed by atoms with Crippen LogP contribution in [0, 0.1) is 0 Å². The number of nitrogens with two attached hydrogens (primary N) is 1. The fourth-order valence-corrected chi connectivity index (χ4v) is 7.91. The van der Waals surface area contributed by atoms with Gasteiger partial charge in [0, 0.05) is 12.1 Å². The summed E-state index contributed by atoms with van der Waals surface area (Å²) >= 11 is 5.76. The van der Waals surface area contributed by atoms with Crippen molar-refractivity contribution in [3.8, 4) is 0 Å². The lowest BCUT2D eigenvalue weighted by Gasteiger charge is -2.27. The van der Waals surface area contributed by atoms with Gasteiger partial charge in [0.2, 0.25) is 0 Å². The first-order valence-corrected chi connectivity index (χ1v) is 13.6. The predicted molar refractivity (Wildman–Crippen MR) is 149 cm³/mol. The number of thiocarbonyl (C=S) groups is 1. The molecule has 3 aromatic carbocycles. The second kappa shape index (κ2) is 10.2. The van der Waals surface area contributed by atoms with Gasteiger partial charge in [-0.1, -0.05) is 97.1 Å². The monoisotopic (exact) mass is 483 g/mol. The molecule has 2 aliphatic rings. The first-order chi connectivity index (χ1) is 16.6. The van der Waals surface area contributed by atoms with Crippen LogP contribution < -0.4 is 27.0 Å². The minimum atomic E-state index is -0.634. The van der Waals surface area contributed by atoms with Crippen LogP contribution in [0.15, 0.2) is 108 Å². The Morgan fingerprint density at radius 2 is 1.56 bits per heavy atom. The predicted octanol–water partition coefficient (Wildman–Crippen LogP) is 4.81. The van der Waals surface area contributed by atoms with Crippen LogP contribution in [0.25, 0.3) is 0 Å². The Morgan fingerprint density at radius 3 is 2.24 bits per heavy atom. The standard InChI is InChI=1S/C29H30N3PS/c1-20(31-29(34)32-28-25-16-9-8-11-21(25)19-26(28)30)24-17-10-18-27(24)33(22-12-4-2-5-13-22)23-14-6-3-7-15-23/h2-16,18,20,26,28H,17,19,30H2,1H3,(H2,31,32,34)/t20-,26+,28+/m1/s1. The lowest BCUT2D eigenvalue weighted by atomic mass is 10.1. The van der Waals surface area contributed by atoms with Crippen molar-refractivity contribution in [1.29, 1.82) is 0 Å². The van der Waals surface area contributed by atoms with E-state index in [9.17, 15) is 0 Å². The van der Waals surface area contributed by atoms with Crippen LogP contribution in [0.5, 0.6) is 0 Å². The van der Waals surface area contributed by atoms with E-state index in [0.29, 0.717) is 5.11 Å². The molecule has 172 valence electrons. The second-order valence-corrected chi connectivity index (χ2v) is 11.5. The summed E-state index contributed by atoms with van der Waals surface area (Å²) in [5.74, 6) is 0. The highest BCUT2D eigenvalue weighted by Gasteiger charge is 2.31. The van der Waals surface area contributed by atoms with E-state index in [0.717, 1.165) is 12.8 Å². The molecule has 0 amide bonds. The summed E-state index contributed by atoms with van der Waals surface area (Å²) in [5, 5.41) is 11.9. The van der Waals surface area contributed by atoms with E-state index in [1.165, 1.54) is 32.6 Å². The van der Waals surface area contributed by atoms with Gasteiger partial charge in [0.1, 0.15) is 0 Å². The molecule has 0 aliphatic heterocycles. The van der Waals surface area contributed by atoms with Crippen molar-refractivity contribution in [2.24, 2.45) is 5.73 Å². The molecule has 0 heterocycles. The quantitative estimate of drug-likeness (QED) is 0.348. The minimum Gasteiger partial charge on any atom is -0.356 e.